The number of halogens is 1. The normalized spacial score (nSPS) is 10.9. The Bertz CT molecular complexity index is 701. The third-order valence-electron chi connectivity index (χ3n) is 2.55. The molecule has 0 unspecified atom stereocenters. The molecule has 0 amide bonds. The quantitative estimate of drug-likeness (QED) is 0.735. The number of ketones is 1. The molecule has 0 aliphatic rings. The van der Waals surface area contributed by atoms with E-state index in [4.69, 9.17) is 0 Å². The molecular weight excluding hydrogens is 300 g/mol. The zero-order valence-electron chi connectivity index (χ0n) is 8.61. The predicted octanol–water partition coefficient (Wildman–Crippen LogP) is 3.62. The summed E-state index contributed by atoms with van der Waals surface area (Å²) in [6.07, 6.45) is 5.15. The number of aromatic amines is 1. The maximum atomic E-state index is 12.3. The van der Waals surface area contributed by atoms with Crippen LogP contribution >= 0.6 is 27.3 Å². The van der Waals surface area contributed by atoms with Crippen molar-refractivity contribution < 1.29 is 4.79 Å². The number of fused-ring (bicyclic) bond motifs is 1. The fourth-order valence-corrected chi connectivity index (χ4v) is 3.23. The highest BCUT2D eigenvalue weighted by atomic mass is 79.9. The van der Waals surface area contributed by atoms with E-state index in [0.717, 1.165) is 20.3 Å². The fraction of sp³-hybridized carbons (Fsp3) is 0. The first-order chi connectivity index (χ1) is 8.27. The van der Waals surface area contributed by atoms with Gasteiger partial charge in [0.15, 0.2) is 0 Å². The van der Waals surface area contributed by atoms with E-state index in [9.17, 15) is 4.79 Å². The molecule has 0 radical (unpaired) electrons. The van der Waals surface area contributed by atoms with Gasteiger partial charge in [0.25, 0.3) is 0 Å². The number of thiophene rings is 1. The first-order valence-electron chi connectivity index (χ1n) is 4.96. The zero-order valence-corrected chi connectivity index (χ0v) is 11.0. The van der Waals surface area contributed by atoms with E-state index >= 15 is 0 Å². The zero-order chi connectivity index (χ0) is 11.8. The number of aromatic nitrogens is 2. The molecule has 0 spiro atoms. The number of nitrogens with zero attached hydrogens (tertiary/aromatic N) is 1. The van der Waals surface area contributed by atoms with E-state index in [-0.39, 0.29) is 5.78 Å². The fourth-order valence-electron chi connectivity index (χ4n) is 1.73. The SMILES string of the molecule is O=C(c1sccc1Br)c1c[nH]c2ccncc12. The Labute approximate surface area is 110 Å². The van der Waals surface area contributed by atoms with Crippen LogP contribution in [0.25, 0.3) is 10.9 Å². The molecule has 5 heteroatoms. The minimum absolute atomic E-state index is 0.0196. The number of H-pyrrole nitrogens is 1. The summed E-state index contributed by atoms with van der Waals surface area (Å²) in [5.74, 6) is 0.0196. The van der Waals surface area contributed by atoms with Crippen LogP contribution in [0.2, 0.25) is 0 Å². The van der Waals surface area contributed by atoms with Crippen molar-refractivity contribution >= 4 is 44.0 Å². The summed E-state index contributed by atoms with van der Waals surface area (Å²) in [4.78, 5) is 20.2. The van der Waals surface area contributed by atoms with E-state index in [1.165, 1.54) is 11.3 Å². The number of hydrogen-bond acceptors (Lipinski definition) is 3. The molecular formula is C12H7BrN2OS. The Morgan fingerprint density at radius 2 is 2.29 bits per heavy atom. The van der Waals surface area contributed by atoms with Gasteiger partial charge in [-0.1, -0.05) is 0 Å². The molecule has 0 bridgehead atoms. The highest BCUT2D eigenvalue weighted by Crippen LogP contribution is 2.28. The van der Waals surface area contributed by atoms with Crippen LogP contribution in [0.1, 0.15) is 15.2 Å². The Kier molecular flexibility index (Phi) is 2.57. The lowest BCUT2D eigenvalue weighted by molar-refractivity contribution is 0.104. The minimum Gasteiger partial charge on any atom is -0.360 e. The number of carbonyl (C=O) groups is 1. The van der Waals surface area contributed by atoms with Crippen molar-refractivity contribution in [2.75, 3.05) is 0 Å². The topological polar surface area (TPSA) is 45.8 Å². The van der Waals surface area contributed by atoms with Crippen molar-refractivity contribution in [1.29, 1.82) is 0 Å². The maximum Gasteiger partial charge on any atom is 0.206 e. The number of pyridine rings is 1. The van der Waals surface area contributed by atoms with Gasteiger partial charge >= 0.3 is 0 Å². The van der Waals surface area contributed by atoms with Crippen molar-refractivity contribution in [2.45, 2.75) is 0 Å². The molecule has 3 rings (SSSR count). The van der Waals surface area contributed by atoms with Crippen molar-refractivity contribution in [1.82, 2.24) is 9.97 Å². The van der Waals surface area contributed by atoms with Gasteiger partial charge in [0, 0.05) is 34.0 Å². The number of rotatable bonds is 2. The summed E-state index contributed by atoms with van der Waals surface area (Å²) in [7, 11) is 0. The van der Waals surface area contributed by atoms with Crippen LogP contribution < -0.4 is 0 Å². The summed E-state index contributed by atoms with van der Waals surface area (Å²) in [6, 6.07) is 3.74. The van der Waals surface area contributed by atoms with E-state index in [1.54, 1.807) is 18.6 Å². The molecule has 0 saturated carbocycles. The molecule has 17 heavy (non-hydrogen) atoms. The predicted molar refractivity (Wildman–Crippen MR) is 71.5 cm³/mol. The van der Waals surface area contributed by atoms with Crippen molar-refractivity contribution in [3.05, 3.63) is 51.0 Å². The molecule has 0 fully saturated rings. The lowest BCUT2D eigenvalue weighted by atomic mass is 10.1. The molecule has 3 aromatic heterocycles. The van der Waals surface area contributed by atoms with Crippen LogP contribution in [0.5, 0.6) is 0 Å². The number of hydrogen-bond donors (Lipinski definition) is 1. The van der Waals surface area contributed by atoms with Gasteiger partial charge in [0.1, 0.15) is 0 Å². The average molecular weight is 307 g/mol. The molecule has 84 valence electrons. The van der Waals surface area contributed by atoms with Crippen LogP contribution in [0.4, 0.5) is 0 Å². The van der Waals surface area contributed by atoms with Gasteiger partial charge in [0.05, 0.1) is 10.4 Å². The van der Waals surface area contributed by atoms with Crippen LogP contribution in [0.3, 0.4) is 0 Å². The average Bonchev–Trinajstić information content (AvgIpc) is 2.94. The van der Waals surface area contributed by atoms with Crippen LogP contribution in [-0.4, -0.2) is 15.8 Å². The van der Waals surface area contributed by atoms with Crippen LogP contribution in [0.15, 0.2) is 40.6 Å². The van der Waals surface area contributed by atoms with E-state index in [2.05, 4.69) is 25.9 Å². The second-order valence-electron chi connectivity index (χ2n) is 3.55. The Balaban J connectivity index is 2.17. The highest BCUT2D eigenvalue weighted by Gasteiger charge is 2.17. The van der Waals surface area contributed by atoms with E-state index in [1.807, 2.05) is 17.5 Å². The van der Waals surface area contributed by atoms with Crippen molar-refractivity contribution in [3.8, 4) is 0 Å². The third-order valence-corrected chi connectivity index (χ3v) is 4.39. The first kappa shape index (κ1) is 10.7. The lowest BCUT2D eigenvalue weighted by Crippen LogP contribution is -1.98. The standard InChI is InChI=1S/C12H7BrN2OS/c13-9-2-4-17-12(9)11(16)8-6-15-10-1-3-14-5-7(8)10/h1-6,15H. The van der Waals surface area contributed by atoms with Crippen molar-refractivity contribution in [3.63, 3.8) is 0 Å². The molecule has 3 heterocycles. The molecule has 0 aromatic carbocycles. The number of nitrogens with one attached hydrogen (secondary N) is 1. The summed E-state index contributed by atoms with van der Waals surface area (Å²) < 4.78 is 0.839. The molecule has 3 aromatic rings. The molecule has 0 aliphatic heterocycles. The Morgan fingerprint density at radius 1 is 1.41 bits per heavy atom. The summed E-state index contributed by atoms with van der Waals surface area (Å²) in [6.45, 7) is 0. The smallest absolute Gasteiger partial charge is 0.206 e. The molecule has 0 saturated heterocycles. The monoisotopic (exact) mass is 306 g/mol. The largest absolute Gasteiger partial charge is 0.360 e. The van der Waals surface area contributed by atoms with Gasteiger partial charge in [-0.25, -0.2) is 0 Å². The van der Waals surface area contributed by atoms with Crippen LogP contribution in [-0.2, 0) is 0 Å². The molecule has 3 nitrogen and oxygen atoms in total. The summed E-state index contributed by atoms with van der Waals surface area (Å²) in [5.41, 5.74) is 1.59. The highest BCUT2D eigenvalue weighted by molar-refractivity contribution is 9.10. The molecule has 0 atom stereocenters. The Hall–Kier alpha value is -1.46. The maximum absolute atomic E-state index is 12.3. The van der Waals surface area contributed by atoms with Gasteiger partial charge in [-0.15, -0.1) is 11.3 Å². The molecule has 0 aliphatic carbocycles. The Morgan fingerprint density at radius 3 is 3.06 bits per heavy atom. The van der Waals surface area contributed by atoms with E-state index in [0.29, 0.717) is 5.56 Å². The number of carbonyl (C=O) groups excluding carboxylic acids is 1. The lowest BCUT2D eigenvalue weighted by Gasteiger charge is -1.96. The van der Waals surface area contributed by atoms with Crippen LogP contribution in [0, 0.1) is 0 Å². The summed E-state index contributed by atoms with van der Waals surface area (Å²) >= 11 is 4.81. The second kappa shape index (κ2) is 4.09. The van der Waals surface area contributed by atoms with E-state index < -0.39 is 0 Å². The first-order valence-corrected chi connectivity index (χ1v) is 6.63. The van der Waals surface area contributed by atoms with Gasteiger partial charge in [-0.2, -0.15) is 0 Å². The van der Waals surface area contributed by atoms with Gasteiger partial charge in [0.2, 0.25) is 5.78 Å². The van der Waals surface area contributed by atoms with Gasteiger partial charge in [-0.05, 0) is 33.4 Å². The van der Waals surface area contributed by atoms with Gasteiger partial charge in [-0.3, -0.25) is 9.78 Å². The third kappa shape index (κ3) is 1.71. The van der Waals surface area contributed by atoms with Gasteiger partial charge < -0.3 is 4.98 Å². The molecule has 1 N–H and O–H groups in total. The minimum atomic E-state index is 0.0196. The second-order valence-corrected chi connectivity index (χ2v) is 5.32. The van der Waals surface area contributed by atoms with Crippen molar-refractivity contribution in [2.24, 2.45) is 0 Å². The summed E-state index contributed by atoms with van der Waals surface area (Å²) in [5, 5.41) is 2.75.